The van der Waals surface area contributed by atoms with Gasteiger partial charge in [-0.2, -0.15) is 0 Å². The first kappa shape index (κ1) is 22.6. The molecule has 0 amide bonds. The summed E-state index contributed by atoms with van der Waals surface area (Å²) in [5.41, 5.74) is 7.13. The number of aliphatic hydroxyl groups is 2. The van der Waals surface area contributed by atoms with Crippen LogP contribution in [0.4, 0.5) is 0 Å². The van der Waals surface area contributed by atoms with Crippen molar-refractivity contribution in [2.75, 3.05) is 0 Å². The van der Waals surface area contributed by atoms with Crippen LogP contribution in [0, 0.1) is 39.9 Å². The molecule has 0 aromatic carbocycles. The maximum atomic E-state index is 11.8. The van der Waals surface area contributed by atoms with Gasteiger partial charge in [0.15, 0.2) is 0 Å². The lowest BCUT2D eigenvalue weighted by atomic mass is 9.50. The summed E-state index contributed by atoms with van der Waals surface area (Å²) in [6.45, 7) is 11.3. The van der Waals surface area contributed by atoms with Gasteiger partial charge in [0.25, 0.3) is 0 Å². The lowest BCUT2D eigenvalue weighted by Crippen LogP contribution is -2.65. The molecule has 4 nitrogen and oxygen atoms in total. The molecule has 5 fully saturated rings. The van der Waals surface area contributed by atoms with Gasteiger partial charge in [-0.1, -0.05) is 34.1 Å². The molecule has 11 unspecified atom stereocenters. The van der Waals surface area contributed by atoms with Crippen molar-refractivity contribution in [3.63, 3.8) is 0 Å². The van der Waals surface area contributed by atoms with Crippen LogP contribution in [0.2, 0.25) is 0 Å². The van der Waals surface area contributed by atoms with Crippen LogP contribution in [-0.4, -0.2) is 40.2 Å². The highest BCUT2D eigenvalue weighted by molar-refractivity contribution is 5.28. The standard InChI is InChI=1S/C27H47NO3/c1-6-17-14-16(2)18-8-7-12-26-15-27(26)13-11-21(29)24(3,4)19(27)9-10-20(26)25(5,28)23(30)22(18)31-17/h16-23,29-30H,6-15,28H2,1-5H3. The van der Waals surface area contributed by atoms with Crippen molar-refractivity contribution in [3.8, 4) is 0 Å². The minimum Gasteiger partial charge on any atom is -0.393 e. The van der Waals surface area contributed by atoms with Crippen molar-refractivity contribution in [1.29, 1.82) is 0 Å². The van der Waals surface area contributed by atoms with Crippen molar-refractivity contribution >= 4 is 0 Å². The second kappa shape index (κ2) is 7.17. The Hall–Kier alpha value is -0.160. The maximum Gasteiger partial charge on any atom is 0.0983 e. The molecule has 0 radical (unpaired) electrons. The summed E-state index contributed by atoms with van der Waals surface area (Å²) in [7, 11) is 0. The lowest BCUT2D eigenvalue weighted by molar-refractivity contribution is -0.178. The van der Waals surface area contributed by atoms with Crippen LogP contribution >= 0.6 is 0 Å². The normalized spacial score (nSPS) is 58.5. The number of fused-ring (bicyclic) bond motifs is 1. The molecule has 5 aliphatic rings. The third-order valence-corrected chi connectivity index (χ3v) is 11.6. The van der Waals surface area contributed by atoms with Crippen LogP contribution in [0.5, 0.6) is 0 Å². The van der Waals surface area contributed by atoms with Crippen LogP contribution < -0.4 is 5.73 Å². The number of hydrogen-bond acceptors (Lipinski definition) is 4. The largest absolute Gasteiger partial charge is 0.393 e. The molecule has 4 saturated carbocycles. The van der Waals surface area contributed by atoms with Gasteiger partial charge >= 0.3 is 0 Å². The molecule has 2 spiro atoms. The number of aliphatic hydroxyl groups excluding tert-OH is 2. The van der Waals surface area contributed by atoms with Gasteiger partial charge in [-0.15, -0.1) is 0 Å². The second-order valence-corrected chi connectivity index (χ2v) is 13.3. The third-order valence-electron chi connectivity index (χ3n) is 11.6. The van der Waals surface area contributed by atoms with Crippen molar-refractivity contribution in [2.45, 2.75) is 129 Å². The molecule has 1 heterocycles. The summed E-state index contributed by atoms with van der Waals surface area (Å²) >= 11 is 0. The molecule has 4 N–H and O–H groups in total. The van der Waals surface area contributed by atoms with Gasteiger partial charge in [0, 0.05) is 5.54 Å². The van der Waals surface area contributed by atoms with Crippen LogP contribution in [-0.2, 0) is 4.74 Å². The fourth-order valence-corrected chi connectivity index (χ4v) is 9.88. The molecular formula is C27H47NO3. The Morgan fingerprint density at radius 3 is 2.35 bits per heavy atom. The topological polar surface area (TPSA) is 75.7 Å². The van der Waals surface area contributed by atoms with Crippen molar-refractivity contribution in [2.24, 2.45) is 45.7 Å². The highest BCUT2D eigenvalue weighted by Crippen LogP contribution is 2.84. The Morgan fingerprint density at radius 2 is 1.65 bits per heavy atom. The highest BCUT2D eigenvalue weighted by Gasteiger charge is 2.79. The second-order valence-electron chi connectivity index (χ2n) is 13.3. The minimum atomic E-state index is -0.628. The average Bonchev–Trinajstić information content (AvgIpc) is 3.38. The van der Waals surface area contributed by atoms with E-state index in [-0.39, 0.29) is 29.1 Å². The molecule has 1 aliphatic heterocycles. The zero-order chi connectivity index (χ0) is 22.4. The predicted octanol–water partition coefficient (Wildman–Crippen LogP) is 4.65. The monoisotopic (exact) mass is 433 g/mol. The molecule has 11 atom stereocenters. The van der Waals surface area contributed by atoms with Gasteiger partial charge in [0.05, 0.1) is 24.4 Å². The highest BCUT2D eigenvalue weighted by atomic mass is 16.5. The summed E-state index contributed by atoms with van der Waals surface area (Å²) in [6.07, 6.45) is 10.6. The van der Waals surface area contributed by atoms with Gasteiger partial charge in [-0.3, -0.25) is 0 Å². The van der Waals surface area contributed by atoms with Crippen LogP contribution in [0.25, 0.3) is 0 Å². The van der Waals surface area contributed by atoms with E-state index in [4.69, 9.17) is 10.5 Å². The van der Waals surface area contributed by atoms with Gasteiger partial charge in [-0.25, -0.2) is 0 Å². The first-order chi connectivity index (χ1) is 14.5. The minimum absolute atomic E-state index is 0.0191. The molecule has 0 bridgehead atoms. The Labute approximate surface area is 189 Å². The lowest BCUT2D eigenvalue weighted by Gasteiger charge is -2.57. The molecule has 4 aliphatic carbocycles. The van der Waals surface area contributed by atoms with Crippen molar-refractivity contribution in [1.82, 2.24) is 0 Å². The summed E-state index contributed by atoms with van der Waals surface area (Å²) in [5, 5.41) is 22.6. The van der Waals surface area contributed by atoms with E-state index >= 15 is 0 Å². The first-order valence-corrected chi connectivity index (χ1v) is 13.3. The van der Waals surface area contributed by atoms with E-state index in [2.05, 4.69) is 34.6 Å². The molecule has 31 heavy (non-hydrogen) atoms. The van der Waals surface area contributed by atoms with E-state index in [0.717, 1.165) is 44.9 Å². The van der Waals surface area contributed by atoms with E-state index in [1.54, 1.807) is 0 Å². The smallest absolute Gasteiger partial charge is 0.0983 e. The Bertz CT molecular complexity index is 707. The van der Waals surface area contributed by atoms with Crippen molar-refractivity contribution < 1.29 is 14.9 Å². The molecule has 178 valence electrons. The number of hydrogen-bond donors (Lipinski definition) is 3. The zero-order valence-electron chi connectivity index (χ0n) is 20.6. The molecule has 1 saturated heterocycles. The van der Waals surface area contributed by atoms with E-state index in [1.807, 2.05) is 0 Å². The summed E-state index contributed by atoms with van der Waals surface area (Å²) in [6, 6.07) is 0. The van der Waals surface area contributed by atoms with Gasteiger partial charge in [0.1, 0.15) is 0 Å². The van der Waals surface area contributed by atoms with E-state index in [1.165, 1.54) is 19.3 Å². The quantitative estimate of drug-likeness (QED) is 0.562. The van der Waals surface area contributed by atoms with Gasteiger partial charge < -0.3 is 20.7 Å². The Kier molecular flexibility index (Phi) is 5.23. The average molecular weight is 434 g/mol. The maximum absolute atomic E-state index is 11.8. The number of nitrogens with two attached hydrogens (primary N) is 1. The fraction of sp³-hybridized carbons (Fsp3) is 1.00. The van der Waals surface area contributed by atoms with E-state index in [9.17, 15) is 10.2 Å². The Balaban J connectivity index is 1.51. The number of ether oxygens (including phenoxy) is 1. The third kappa shape index (κ3) is 2.93. The molecular weight excluding hydrogens is 386 g/mol. The molecule has 0 aromatic heterocycles. The van der Waals surface area contributed by atoms with Crippen LogP contribution in [0.15, 0.2) is 0 Å². The fourth-order valence-electron chi connectivity index (χ4n) is 9.88. The first-order valence-electron chi connectivity index (χ1n) is 13.3. The summed E-state index contributed by atoms with van der Waals surface area (Å²) in [5.74, 6) is 1.91. The number of rotatable bonds is 1. The van der Waals surface area contributed by atoms with Gasteiger partial charge in [0.2, 0.25) is 0 Å². The van der Waals surface area contributed by atoms with Crippen LogP contribution in [0.1, 0.15) is 98.8 Å². The summed E-state index contributed by atoms with van der Waals surface area (Å²) in [4.78, 5) is 0. The summed E-state index contributed by atoms with van der Waals surface area (Å²) < 4.78 is 6.56. The van der Waals surface area contributed by atoms with E-state index < -0.39 is 11.6 Å². The molecule has 0 aromatic rings. The molecule has 4 heteroatoms. The van der Waals surface area contributed by atoms with Crippen molar-refractivity contribution in [3.05, 3.63) is 0 Å². The van der Waals surface area contributed by atoms with Gasteiger partial charge in [-0.05, 0) is 105 Å². The Morgan fingerprint density at radius 1 is 0.968 bits per heavy atom. The van der Waals surface area contributed by atoms with E-state index in [0.29, 0.717) is 29.1 Å². The molecule has 5 rings (SSSR count). The predicted molar refractivity (Wildman–Crippen MR) is 123 cm³/mol. The SMILES string of the molecule is CCC1CC(C)C2CCCC34CC35CCC(O)C(C)(C)C5CCC4C(C)(N)C(O)C2O1. The zero-order valence-corrected chi connectivity index (χ0v) is 20.6. The van der Waals surface area contributed by atoms with Crippen LogP contribution in [0.3, 0.4) is 0 Å².